The number of fused-ring (bicyclic) bond motifs is 2. The van der Waals surface area contributed by atoms with E-state index in [1.807, 2.05) is 25.1 Å². The first kappa shape index (κ1) is 31.2. The molecule has 13 heteroatoms. The van der Waals surface area contributed by atoms with Gasteiger partial charge in [0.25, 0.3) is 0 Å². The number of imidazole rings is 1. The summed E-state index contributed by atoms with van der Waals surface area (Å²) in [7, 11) is -4.09. The van der Waals surface area contributed by atoms with E-state index in [1.54, 1.807) is 13.1 Å². The number of aromatic nitrogens is 3. The molecule has 0 radical (unpaired) electrons. The lowest BCUT2D eigenvalue weighted by Crippen LogP contribution is -2.32. The molecule has 240 valence electrons. The smallest absolute Gasteiger partial charge is 0.306 e. The van der Waals surface area contributed by atoms with Crippen LogP contribution in [0.1, 0.15) is 43.5 Å². The highest BCUT2D eigenvalue weighted by Gasteiger charge is 2.38. The lowest BCUT2D eigenvalue weighted by atomic mass is 9.74. The zero-order chi connectivity index (χ0) is 32.8. The van der Waals surface area contributed by atoms with Gasteiger partial charge in [-0.3, -0.25) is 4.79 Å². The van der Waals surface area contributed by atoms with Gasteiger partial charge in [0.2, 0.25) is 5.82 Å². The van der Waals surface area contributed by atoms with Crippen LogP contribution in [0.4, 0.5) is 13.2 Å². The number of halogens is 3. The number of nitrogens with zero attached hydrogens (tertiary/aromatic N) is 1. The number of hydrogen-bond acceptors (Lipinski definition) is 7. The van der Waals surface area contributed by atoms with Crippen molar-refractivity contribution in [1.82, 2.24) is 15.0 Å². The zero-order valence-corrected chi connectivity index (χ0v) is 26.0. The molecule has 1 aliphatic rings. The molecule has 0 unspecified atom stereocenters. The Morgan fingerprint density at radius 3 is 2.67 bits per heavy atom. The molecule has 3 heterocycles. The summed E-state index contributed by atoms with van der Waals surface area (Å²) in [4.78, 5) is 21.7. The first-order valence-electron chi connectivity index (χ1n) is 14.5. The number of benzene rings is 3. The van der Waals surface area contributed by atoms with Crippen molar-refractivity contribution in [3.8, 4) is 28.6 Å². The summed E-state index contributed by atoms with van der Waals surface area (Å²) in [6.45, 7) is 4.44. The van der Waals surface area contributed by atoms with Gasteiger partial charge in [-0.15, -0.1) is 0 Å². The van der Waals surface area contributed by atoms with Gasteiger partial charge in [0.15, 0.2) is 21.4 Å². The fourth-order valence-electron chi connectivity index (χ4n) is 5.85. The molecular formula is C33H30F3N3O6S. The molecule has 6 rings (SSSR count). The second kappa shape index (κ2) is 11.9. The predicted molar refractivity (Wildman–Crippen MR) is 163 cm³/mol. The second-order valence-corrected chi connectivity index (χ2v) is 13.2. The van der Waals surface area contributed by atoms with E-state index in [2.05, 4.69) is 9.97 Å². The first-order chi connectivity index (χ1) is 21.9. The van der Waals surface area contributed by atoms with Gasteiger partial charge in [0.1, 0.15) is 28.0 Å². The van der Waals surface area contributed by atoms with E-state index < -0.39 is 43.3 Å². The quantitative estimate of drug-likeness (QED) is 0.133. The van der Waals surface area contributed by atoms with Crippen molar-refractivity contribution in [2.75, 3.05) is 19.5 Å². The Kier molecular flexibility index (Phi) is 8.05. The van der Waals surface area contributed by atoms with Crippen LogP contribution in [-0.4, -0.2) is 48.8 Å². The molecule has 0 spiro atoms. The van der Waals surface area contributed by atoms with E-state index in [4.69, 9.17) is 19.2 Å². The van der Waals surface area contributed by atoms with Crippen molar-refractivity contribution in [2.24, 2.45) is 0 Å². The number of hydrogen-bond donors (Lipinski definition) is 2. The fraction of sp³-hybridized carbons (Fsp3) is 0.273. The summed E-state index contributed by atoms with van der Waals surface area (Å²) in [5, 5.41) is -0.0801. The molecule has 0 amide bonds. The van der Waals surface area contributed by atoms with Crippen LogP contribution in [0, 0.1) is 17.5 Å². The van der Waals surface area contributed by atoms with Crippen molar-refractivity contribution in [1.29, 1.82) is 0 Å². The largest absolute Gasteiger partial charge is 0.493 e. The number of para-hydroxylation sites is 1. The summed E-state index contributed by atoms with van der Waals surface area (Å²) >= 11 is 0. The minimum atomic E-state index is -4.09. The third kappa shape index (κ3) is 5.48. The average molecular weight is 654 g/mol. The van der Waals surface area contributed by atoms with Crippen LogP contribution in [0.2, 0.25) is 0 Å². The number of esters is 1. The molecule has 3 aromatic carbocycles. The van der Waals surface area contributed by atoms with Gasteiger partial charge in [-0.25, -0.2) is 22.2 Å². The maximum absolute atomic E-state index is 15.2. The van der Waals surface area contributed by atoms with Gasteiger partial charge < -0.3 is 24.2 Å². The maximum Gasteiger partial charge on any atom is 0.306 e. The summed E-state index contributed by atoms with van der Waals surface area (Å²) in [5.74, 6) is -3.96. The number of carbonyl (C=O) groups is 1. The Labute approximate surface area is 262 Å². The standard InChI is InChI=1S/C33H30F3N3O6S/c1-4-43-25(40)11-8-18-6-5-7-22-29(18)44-15-13-33(22,2)24-17-38-32(39-24)21-16-19(9-10-23(21)34)45-30-27(36)26(35)28-20(12-14-37-28)31(30)46(3,41)42/h5-7,9-10,12,14,16-17,37H,4,8,11,13,15H2,1-3H3,(H,38,39)/t33-/m0/s1. The molecule has 0 saturated heterocycles. The highest BCUT2D eigenvalue weighted by atomic mass is 32.2. The minimum Gasteiger partial charge on any atom is -0.493 e. The number of H-pyrrole nitrogens is 2. The monoisotopic (exact) mass is 653 g/mol. The molecule has 9 nitrogen and oxygen atoms in total. The topological polar surface area (TPSA) is 123 Å². The summed E-state index contributed by atoms with van der Waals surface area (Å²) in [5.41, 5.74) is 1.34. The van der Waals surface area contributed by atoms with Crippen molar-refractivity contribution in [2.45, 2.75) is 43.4 Å². The molecule has 0 bridgehead atoms. The average Bonchev–Trinajstić information content (AvgIpc) is 3.71. The molecule has 2 N–H and O–H groups in total. The third-order valence-electron chi connectivity index (χ3n) is 8.18. The Morgan fingerprint density at radius 1 is 1.11 bits per heavy atom. The molecule has 1 atom stereocenters. The summed E-state index contributed by atoms with van der Waals surface area (Å²) < 4.78 is 87.3. The Morgan fingerprint density at radius 2 is 1.91 bits per heavy atom. The van der Waals surface area contributed by atoms with Crippen LogP contribution in [0.3, 0.4) is 0 Å². The van der Waals surface area contributed by atoms with Gasteiger partial charge in [0.05, 0.1) is 30.0 Å². The van der Waals surface area contributed by atoms with E-state index in [-0.39, 0.29) is 40.4 Å². The van der Waals surface area contributed by atoms with E-state index in [0.29, 0.717) is 37.5 Å². The van der Waals surface area contributed by atoms with E-state index in [0.717, 1.165) is 23.4 Å². The lowest BCUT2D eigenvalue weighted by molar-refractivity contribution is -0.143. The molecule has 2 aromatic heterocycles. The van der Waals surface area contributed by atoms with Gasteiger partial charge in [0, 0.05) is 41.4 Å². The molecule has 0 aliphatic carbocycles. The van der Waals surface area contributed by atoms with Crippen LogP contribution in [-0.2, 0) is 31.2 Å². The van der Waals surface area contributed by atoms with Crippen LogP contribution in [0.15, 0.2) is 59.8 Å². The number of nitrogens with one attached hydrogen (secondary N) is 2. The number of ether oxygens (including phenoxy) is 3. The van der Waals surface area contributed by atoms with E-state index in [9.17, 15) is 17.6 Å². The van der Waals surface area contributed by atoms with Gasteiger partial charge in [-0.05, 0) is 56.5 Å². The van der Waals surface area contributed by atoms with Crippen molar-refractivity contribution >= 4 is 26.7 Å². The molecular weight excluding hydrogens is 623 g/mol. The highest BCUT2D eigenvalue weighted by molar-refractivity contribution is 7.91. The SMILES string of the molecule is CCOC(=O)CCc1cccc2c1OCC[C@]2(C)c1c[nH]c(-c2cc(Oc3c(F)c(F)c4[nH]ccc4c3S(C)(=O)=O)ccc2F)n1. The Hall–Kier alpha value is -4.78. The summed E-state index contributed by atoms with van der Waals surface area (Å²) in [6.07, 6.45) is 5.02. The maximum atomic E-state index is 15.2. The number of aryl methyl sites for hydroxylation is 1. The lowest BCUT2D eigenvalue weighted by Gasteiger charge is -2.35. The van der Waals surface area contributed by atoms with Crippen LogP contribution >= 0.6 is 0 Å². The molecule has 0 saturated carbocycles. The van der Waals surface area contributed by atoms with Crippen molar-refractivity contribution in [3.05, 3.63) is 89.1 Å². The summed E-state index contributed by atoms with van der Waals surface area (Å²) in [6, 6.07) is 10.5. The number of aromatic amines is 2. The fourth-order valence-corrected chi connectivity index (χ4v) is 6.89. The first-order valence-corrected chi connectivity index (χ1v) is 16.4. The van der Waals surface area contributed by atoms with Crippen molar-refractivity contribution in [3.63, 3.8) is 0 Å². The number of rotatable bonds is 9. The molecule has 46 heavy (non-hydrogen) atoms. The number of carbonyl (C=O) groups excluding carboxylic acids is 1. The van der Waals surface area contributed by atoms with Crippen LogP contribution in [0.5, 0.6) is 17.2 Å². The van der Waals surface area contributed by atoms with Crippen LogP contribution in [0.25, 0.3) is 22.3 Å². The predicted octanol–water partition coefficient (Wildman–Crippen LogP) is 6.76. The van der Waals surface area contributed by atoms with Crippen molar-refractivity contribution < 1.29 is 40.6 Å². The van der Waals surface area contributed by atoms with Gasteiger partial charge in [-0.2, -0.15) is 4.39 Å². The normalized spacial score (nSPS) is 16.2. The van der Waals surface area contributed by atoms with E-state index in [1.165, 1.54) is 24.4 Å². The Bertz CT molecular complexity index is 2090. The number of sulfone groups is 1. The van der Waals surface area contributed by atoms with E-state index >= 15 is 8.78 Å². The Balaban J connectivity index is 1.35. The van der Waals surface area contributed by atoms with Crippen LogP contribution < -0.4 is 9.47 Å². The minimum absolute atomic E-state index is 0.0349. The third-order valence-corrected chi connectivity index (χ3v) is 9.33. The molecule has 5 aromatic rings. The zero-order valence-electron chi connectivity index (χ0n) is 25.2. The van der Waals surface area contributed by atoms with Gasteiger partial charge >= 0.3 is 5.97 Å². The second-order valence-electron chi connectivity index (χ2n) is 11.2. The van der Waals surface area contributed by atoms with Gasteiger partial charge in [-0.1, -0.05) is 18.2 Å². The molecule has 1 aliphatic heterocycles. The molecule has 0 fully saturated rings. The highest BCUT2D eigenvalue weighted by Crippen LogP contribution is 2.45.